The topological polar surface area (TPSA) is 17.1 Å². The lowest BCUT2D eigenvalue weighted by molar-refractivity contribution is -0.130. The molecule has 0 aromatic carbocycles. The molecule has 0 heterocycles. The molecule has 2 aliphatic carbocycles. The zero-order chi connectivity index (χ0) is 7.84. The summed E-state index contributed by atoms with van der Waals surface area (Å²) in [5, 5.41) is 0. The van der Waals surface area contributed by atoms with E-state index in [0.29, 0.717) is 5.78 Å². The molecular weight excluding hydrogens is 136 g/mol. The quantitative estimate of drug-likeness (QED) is 0.593. The normalized spacial score (nSPS) is 38.1. The lowest BCUT2D eigenvalue weighted by Gasteiger charge is -2.43. The fraction of sp³-hybridized carbons (Fsp3) is 0.900. The fourth-order valence-corrected chi connectivity index (χ4v) is 2.36. The molecule has 1 heteroatoms. The molecule has 0 unspecified atom stereocenters. The molecular formula is C10H16O. The Balaban J connectivity index is 1.71. The molecule has 0 amide bonds. The van der Waals surface area contributed by atoms with E-state index < -0.39 is 0 Å². The van der Waals surface area contributed by atoms with Gasteiger partial charge < -0.3 is 0 Å². The van der Waals surface area contributed by atoms with E-state index in [1.165, 1.54) is 19.3 Å². The van der Waals surface area contributed by atoms with Gasteiger partial charge in [-0.05, 0) is 30.6 Å². The van der Waals surface area contributed by atoms with Crippen LogP contribution in [0.15, 0.2) is 0 Å². The first-order valence-corrected chi connectivity index (χ1v) is 4.81. The van der Waals surface area contributed by atoms with Crippen LogP contribution in [0.3, 0.4) is 0 Å². The summed E-state index contributed by atoms with van der Waals surface area (Å²) < 4.78 is 0. The van der Waals surface area contributed by atoms with Crippen LogP contribution in [0, 0.1) is 17.8 Å². The Morgan fingerprint density at radius 3 is 2.36 bits per heavy atom. The van der Waals surface area contributed by atoms with Crippen LogP contribution in [0.2, 0.25) is 0 Å². The smallest absolute Gasteiger partial charge is 0.133 e. The zero-order valence-electron chi connectivity index (χ0n) is 7.18. The third kappa shape index (κ3) is 1.21. The van der Waals surface area contributed by atoms with Gasteiger partial charge in [-0.3, -0.25) is 4.79 Å². The fourth-order valence-electron chi connectivity index (χ4n) is 2.36. The lowest BCUT2D eigenvalue weighted by Crippen LogP contribution is -2.37. The predicted octanol–water partition coefficient (Wildman–Crippen LogP) is 2.40. The van der Waals surface area contributed by atoms with Crippen LogP contribution in [-0.2, 0) is 4.79 Å². The van der Waals surface area contributed by atoms with Gasteiger partial charge in [0.1, 0.15) is 5.78 Å². The molecule has 0 aromatic heterocycles. The monoisotopic (exact) mass is 152 g/mol. The van der Waals surface area contributed by atoms with Crippen molar-refractivity contribution in [1.82, 2.24) is 0 Å². The summed E-state index contributed by atoms with van der Waals surface area (Å²) in [5.41, 5.74) is 0. The Morgan fingerprint density at radius 2 is 1.91 bits per heavy atom. The van der Waals surface area contributed by atoms with E-state index in [0.717, 1.165) is 30.6 Å². The Kier molecular flexibility index (Phi) is 1.74. The Hall–Kier alpha value is -0.330. The number of Topliss-reactive ketones (excluding diaryl/α,β-unsaturated/α-hetero) is 1. The molecule has 0 bridgehead atoms. The van der Waals surface area contributed by atoms with Gasteiger partial charge in [-0.2, -0.15) is 0 Å². The van der Waals surface area contributed by atoms with Crippen LogP contribution in [0.4, 0.5) is 0 Å². The first-order valence-electron chi connectivity index (χ1n) is 4.81. The molecule has 0 saturated heterocycles. The van der Waals surface area contributed by atoms with Gasteiger partial charge in [-0.15, -0.1) is 0 Å². The molecule has 11 heavy (non-hydrogen) atoms. The number of hydrogen-bond acceptors (Lipinski definition) is 1. The van der Waals surface area contributed by atoms with Gasteiger partial charge in [0.25, 0.3) is 0 Å². The van der Waals surface area contributed by atoms with Gasteiger partial charge in [0.05, 0.1) is 0 Å². The molecule has 2 rings (SSSR count). The average molecular weight is 152 g/mol. The van der Waals surface area contributed by atoms with Gasteiger partial charge in [-0.25, -0.2) is 0 Å². The molecule has 0 radical (unpaired) electrons. The van der Waals surface area contributed by atoms with Crippen molar-refractivity contribution >= 4 is 5.78 Å². The molecule has 2 saturated carbocycles. The minimum absolute atomic E-state index is 0.495. The summed E-state index contributed by atoms with van der Waals surface area (Å²) in [4.78, 5) is 10.7. The van der Waals surface area contributed by atoms with Crippen LogP contribution in [0.25, 0.3) is 0 Å². The third-order valence-electron chi connectivity index (χ3n) is 3.50. The van der Waals surface area contributed by atoms with Crippen LogP contribution in [-0.4, -0.2) is 5.78 Å². The highest BCUT2D eigenvalue weighted by atomic mass is 16.1. The number of carbonyl (C=O) groups is 1. The van der Waals surface area contributed by atoms with Crippen molar-refractivity contribution in [3.8, 4) is 0 Å². The minimum atomic E-state index is 0.495. The summed E-state index contributed by atoms with van der Waals surface area (Å²) in [6.45, 7) is 2.27. The SMILES string of the molecule is CCC1CC(C2CC(=O)C2)C1. The third-order valence-corrected chi connectivity index (χ3v) is 3.50. The number of rotatable bonds is 2. The lowest BCUT2D eigenvalue weighted by atomic mass is 9.61. The highest BCUT2D eigenvalue weighted by Crippen LogP contribution is 2.46. The predicted molar refractivity (Wildman–Crippen MR) is 44.2 cm³/mol. The van der Waals surface area contributed by atoms with Gasteiger partial charge in [-0.1, -0.05) is 13.3 Å². The molecule has 0 aliphatic heterocycles. The van der Waals surface area contributed by atoms with Crippen molar-refractivity contribution in [2.24, 2.45) is 17.8 Å². The van der Waals surface area contributed by atoms with Crippen LogP contribution >= 0.6 is 0 Å². The number of hydrogen-bond donors (Lipinski definition) is 0. The van der Waals surface area contributed by atoms with Gasteiger partial charge in [0, 0.05) is 12.8 Å². The van der Waals surface area contributed by atoms with Crippen molar-refractivity contribution in [1.29, 1.82) is 0 Å². The van der Waals surface area contributed by atoms with Crippen LogP contribution in [0.5, 0.6) is 0 Å². The molecule has 0 N–H and O–H groups in total. The molecule has 0 aromatic rings. The maximum absolute atomic E-state index is 10.7. The highest BCUT2D eigenvalue weighted by molar-refractivity contribution is 5.84. The second-order valence-electron chi connectivity index (χ2n) is 4.21. The molecule has 0 atom stereocenters. The standard InChI is InChI=1S/C10H16O/c1-2-7-3-8(4-7)9-5-10(11)6-9/h7-9H,2-6H2,1H3. The average Bonchev–Trinajstić information content (AvgIpc) is 1.81. The van der Waals surface area contributed by atoms with Gasteiger partial charge in [0.2, 0.25) is 0 Å². The van der Waals surface area contributed by atoms with Crippen molar-refractivity contribution in [2.75, 3.05) is 0 Å². The van der Waals surface area contributed by atoms with E-state index in [9.17, 15) is 4.79 Å². The first kappa shape index (κ1) is 7.33. The van der Waals surface area contributed by atoms with E-state index in [-0.39, 0.29) is 0 Å². The van der Waals surface area contributed by atoms with E-state index in [4.69, 9.17) is 0 Å². The molecule has 0 spiro atoms. The molecule has 62 valence electrons. The first-order chi connectivity index (χ1) is 5.29. The van der Waals surface area contributed by atoms with Gasteiger partial charge >= 0.3 is 0 Å². The zero-order valence-corrected chi connectivity index (χ0v) is 7.18. The minimum Gasteiger partial charge on any atom is -0.300 e. The summed E-state index contributed by atoms with van der Waals surface area (Å²) >= 11 is 0. The van der Waals surface area contributed by atoms with E-state index in [1.807, 2.05) is 0 Å². The van der Waals surface area contributed by atoms with Crippen molar-refractivity contribution < 1.29 is 4.79 Å². The van der Waals surface area contributed by atoms with E-state index in [1.54, 1.807) is 0 Å². The van der Waals surface area contributed by atoms with Crippen molar-refractivity contribution in [3.05, 3.63) is 0 Å². The highest BCUT2D eigenvalue weighted by Gasteiger charge is 2.39. The molecule has 2 fully saturated rings. The molecule has 1 nitrogen and oxygen atoms in total. The summed E-state index contributed by atoms with van der Waals surface area (Å²) in [6.07, 6.45) is 5.97. The van der Waals surface area contributed by atoms with E-state index >= 15 is 0 Å². The largest absolute Gasteiger partial charge is 0.300 e. The van der Waals surface area contributed by atoms with Crippen molar-refractivity contribution in [3.63, 3.8) is 0 Å². The Bertz CT molecular complexity index is 160. The van der Waals surface area contributed by atoms with E-state index in [2.05, 4.69) is 6.92 Å². The number of ketones is 1. The van der Waals surface area contributed by atoms with Crippen LogP contribution < -0.4 is 0 Å². The summed E-state index contributed by atoms with van der Waals surface area (Å²) in [6, 6.07) is 0. The second-order valence-corrected chi connectivity index (χ2v) is 4.21. The van der Waals surface area contributed by atoms with Crippen molar-refractivity contribution in [2.45, 2.75) is 39.0 Å². The molecule has 2 aliphatic rings. The Morgan fingerprint density at radius 1 is 1.27 bits per heavy atom. The van der Waals surface area contributed by atoms with Crippen LogP contribution in [0.1, 0.15) is 39.0 Å². The summed E-state index contributed by atoms with van der Waals surface area (Å²) in [7, 11) is 0. The maximum Gasteiger partial charge on any atom is 0.133 e. The van der Waals surface area contributed by atoms with Gasteiger partial charge in [0.15, 0.2) is 0 Å². The second kappa shape index (κ2) is 2.62. The number of carbonyl (C=O) groups excluding carboxylic acids is 1. The Labute approximate surface area is 68.2 Å². The maximum atomic E-state index is 10.7. The summed E-state index contributed by atoms with van der Waals surface area (Å²) in [5.74, 6) is 3.22.